The molecule has 0 aliphatic carbocycles. The molecule has 0 bridgehead atoms. The summed E-state index contributed by atoms with van der Waals surface area (Å²) in [7, 11) is 0. The van der Waals surface area contributed by atoms with E-state index in [1.54, 1.807) is 0 Å². The van der Waals surface area contributed by atoms with Gasteiger partial charge in [-0.15, -0.1) is 6.58 Å². The Hall–Kier alpha value is -1.65. The summed E-state index contributed by atoms with van der Waals surface area (Å²) >= 11 is 0. The van der Waals surface area contributed by atoms with E-state index >= 15 is 0 Å². The second kappa shape index (κ2) is 6.50. The lowest BCUT2D eigenvalue weighted by Crippen LogP contribution is -2.50. The second-order valence-corrected chi connectivity index (χ2v) is 4.80. The van der Waals surface area contributed by atoms with Gasteiger partial charge in [0, 0.05) is 32.7 Å². The average molecular weight is 259 g/mol. The van der Waals surface area contributed by atoms with Crippen LogP contribution in [0.4, 0.5) is 0 Å². The average Bonchev–Trinajstić information content (AvgIpc) is 2.48. The Bertz CT molecular complexity index is 424. The summed E-state index contributed by atoms with van der Waals surface area (Å²) in [5.41, 5.74) is 6.92. The predicted octanol–water partition coefficient (Wildman–Crippen LogP) is 1.02. The van der Waals surface area contributed by atoms with Crippen LogP contribution in [-0.4, -0.2) is 48.4 Å². The lowest BCUT2D eigenvalue weighted by atomic mass is 10.1. The molecule has 1 saturated heterocycles. The molecule has 102 valence electrons. The topological polar surface area (TPSA) is 49.6 Å². The molecule has 1 aliphatic heterocycles. The van der Waals surface area contributed by atoms with Crippen molar-refractivity contribution in [3.63, 3.8) is 0 Å². The maximum Gasteiger partial charge on any atom is 0.244 e. The van der Waals surface area contributed by atoms with Gasteiger partial charge in [0.2, 0.25) is 5.91 Å². The molecule has 4 nitrogen and oxygen atoms in total. The molecule has 0 radical (unpaired) electrons. The maximum absolute atomic E-state index is 12.3. The lowest BCUT2D eigenvalue weighted by molar-refractivity contribution is -0.134. The zero-order valence-corrected chi connectivity index (χ0v) is 11.2. The molecule has 0 aromatic heterocycles. The number of carbonyl (C=O) groups excluding carboxylic acids is 1. The molecular weight excluding hydrogens is 238 g/mol. The Balaban J connectivity index is 1.92. The van der Waals surface area contributed by atoms with Crippen LogP contribution in [0.3, 0.4) is 0 Å². The Labute approximate surface area is 114 Å². The fourth-order valence-electron chi connectivity index (χ4n) is 2.33. The van der Waals surface area contributed by atoms with Crippen molar-refractivity contribution < 1.29 is 4.79 Å². The molecule has 1 aromatic rings. The van der Waals surface area contributed by atoms with Gasteiger partial charge >= 0.3 is 0 Å². The van der Waals surface area contributed by atoms with Crippen LogP contribution < -0.4 is 5.73 Å². The molecule has 1 atom stereocenters. The highest BCUT2D eigenvalue weighted by Gasteiger charge is 2.25. The number of hydrogen-bond acceptors (Lipinski definition) is 3. The van der Waals surface area contributed by atoms with Gasteiger partial charge in [-0.2, -0.15) is 0 Å². The molecule has 0 unspecified atom stereocenters. The number of carbonyl (C=O) groups is 1. The summed E-state index contributed by atoms with van der Waals surface area (Å²) in [6, 6.07) is 8.99. The quantitative estimate of drug-likeness (QED) is 0.821. The molecule has 19 heavy (non-hydrogen) atoms. The summed E-state index contributed by atoms with van der Waals surface area (Å²) in [5, 5.41) is 0. The van der Waals surface area contributed by atoms with Gasteiger partial charge in [0.15, 0.2) is 0 Å². The van der Waals surface area contributed by atoms with Gasteiger partial charge in [-0.05, 0) is 5.56 Å². The minimum absolute atomic E-state index is 0.0180. The van der Waals surface area contributed by atoms with Crippen LogP contribution in [-0.2, 0) is 4.79 Å². The molecular formula is C15H21N3O. The third-order valence-corrected chi connectivity index (χ3v) is 3.50. The number of rotatable bonds is 4. The van der Waals surface area contributed by atoms with Crippen molar-refractivity contribution in [2.75, 3.05) is 32.7 Å². The van der Waals surface area contributed by atoms with Crippen LogP contribution in [0.25, 0.3) is 0 Å². The van der Waals surface area contributed by atoms with Crippen LogP contribution in [0.2, 0.25) is 0 Å². The van der Waals surface area contributed by atoms with Gasteiger partial charge in [-0.25, -0.2) is 0 Å². The molecule has 1 amide bonds. The minimum Gasteiger partial charge on any atom is -0.338 e. The SMILES string of the molecule is C=CCN1CCN(C(=O)[C@@H](N)c2ccccc2)CC1. The molecule has 0 saturated carbocycles. The van der Waals surface area contributed by atoms with Crippen molar-refractivity contribution >= 4 is 5.91 Å². The monoisotopic (exact) mass is 259 g/mol. The third kappa shape index (κ3) is 3.43. The van der Waals surface area contributed by atoms with E-state index in [-0.39, 0.29) is 5.91 Å². The van der Waals surface area contributed by atoms with Crippen molar-refractivity contribution in [1.82, 2.24) is 9.80 Å². The number of benzene rings is 1. The standard InChI is InChI=1S/C15H21N3O/c1-2-8-17-9-11-18(12-10-17)15(19)14(16)13-6-4-3-5-7-13/h2-7,14H,1,8-12,16H2/t14-/m0/s1. The van der Waals surface area contributed by atoms with Crippen LogP contribution in [0, 0.1) is 0 Å². The van der Waals surface area contributed by atoms with Crippen molar-refractivity contribution in [2.45, 2.75) is 6.04 Å². The van der Waals surface area contributed by atoms with Gasteiger partial charge in [0.25, 0.3) is 0 Å². The molecule has 4 heteroatoms. The van der Waals surface area contributed by atoms with Gasteiger partial charge in [0.1, 0.15) is 6.04 Å². The van der Waals surface area contributed by atoms with Crippen LogP contribution in [0.15, 0.2) is 43.0 Å². The van der Waals surface area contributed by atoms with Crippen LogP contribution in [0.1, 0.15) is 11.6 Å². The van der Waals surface area contributed by atoms with E-state index in [1.807, 2.05) is 41.3 Å². The predicted molar refractivity (Wildman–Crippen MR) is 76.6 cm³/mol. The van der Waals surface area contributed by atoms with Crippen molar-refractivity contribution in [3.05, 3.63) is 48.6 Å². The molecule has 1 aromatic carbocycles. The minimum atomic E-state index is -0.549. The van der Waals surface area contributed by atoms with Crippen molar-refractivity contribution in [2.24, 2.45) is 5.73 Å². The van der Waals surface area contributed by atoms with E-state index in [0.717, 1.165) is 38.3 Å². The Morgan fingerprint density at radius 2 is 1.89 bits per heavy atom. The summed E-state index contributed by atoms with van der Waals surface area (Å²) in [6.45, 7) is 7.88. The van der Waals surface area contributed by atoms with E-state index in [9.17, 15) is 4.79 Å². The van der Waals surface area contributed by atoms with E-state index in [0.29, 0.717) is 0 Å². The van der Waals surface area contributed by atoms with Gasteiger partial charge in [-0.3, -0.25) is 9.69 Å². The molecule has 1 fully saturated rings. The zero-order chi connectivity index (χ0) is 13.7. The summed E-state index contributed by atoms with van der Waals surface area (Å²) in [5.74, 6) is 0.0180. The van der Waals surface area contributed by atoms with Crippen LogP contribution in [0.5, 0.6) is 0 Å². The smallest absolute Gasteiger partial charge is 0.244 e. The van der Waals surface area contributed by atoms with Crippen LogP contribution >= 0.6 is 0 Å². The summed E-state index contributed by atoms with van der Waals surface area (Å²) in [4.78, 5) is 16.5. The first kappa shape index (κ1) is 13.8. The third-order valence-electron chi connectivity index (χ3n) is 3.50. The van der Waals surface area contributed by atoms with E-state index in [4.69, 9.17) is 5.73 Å². The molecule has 0 spiro atoms. The highest BCUT2D eigenvalue weighted by Crippen LogP contribution is 2.14. The van der Waals surface area contributed by atoms with Gasteiger partial charge in [-0.1, -0.05) is 36.4 Å². The maximum atomic E-state index is 12.3. The molecule has 1 aliphatic rings. The Morgan fingerprint density at radius 3 is 2.47 bits per heavy atom. The van der Waals surface area contributed by atoms with Crippen molar-refractivity contribution in [3.8, 4) is 0 Å². The zero-order valence-electron chi connectivity index (χ0n) is 11.2. The Morgan fingerprint density at radius 1 is 1.26 bits per heavy atom. The number of hydrogen-bond donors (Lipinski definition) is 1. The largest absolute Gasteiger partial charge is 0.338 e. The molecule has 2 N–H and O–H groups in total. The number of nitrogens with two attached hydrogens (primary N) is 1. The first-order chi connectivity index (χ1) is 9.22. The summed E-state index contributed by atoms with van der Waals surface area (Å²) in [6.07, 6.45) is 1.90. The number of amides is 1. The number of nitrogens with zero attached hydrogens (tertiary/aromatic N) is 2. The second-order valence-electron chi connectivity index (χ2n) is 4.80. The van der Waals surface area contributed by atoms with E-state index in [2.05, 4.69) is 11.5 Å². The summed E-state index contributed by atoms with van der Waals surface area (Å²) < 4.78 is 0. The van der Waals surface area contributed by atoms with E-state index < -0.39 is 6.04 Å². The molecule has 2 rings (SSSR count). The highest BCUT2D eigenvalue weighted by atomic mass is 16.2. The fraction of sp³-hybridized carbons (Fsp3) is 0.400. The van der Waals surface area contributed by atoms with Crippen molar-refractivity contribution in [1.29, 1.82) is 0 Å². The first-order valence-corrected chi connectivity index (χ1v) is 6.65. The highest BCUT2D eigenvalue weighted by molar-refractivity contribution is 5.83. The van der Waals surface area contributed by atoms with Gasteiger partial charge in [0.05, 0.1) is 0 Å². The van der Waals surface area contributed by atoms with Gasteiger partial charge < -0.3 is 10.6 Å². The fourth-order valence-corrected chi connectivity index (χ4v) is 2.33. The first-order valence-electron chi connectivity index (χ1n) is 6.65. The normalized spacial score (nSPS) is 18.1. The molecule has 1 heterocycles. The van der Waals surface area contributed by atoms with E-state index in [1.165, 1.54) is 0 Å². The Kier molecular flexibility index (Phi) is 4.71. The number of piperazine rings is 1. The lowest BCUT2D eigenvalue weighted by Gasteiger charge is -2.35.